The Morgan fingerprint density at radius 2 is 2.29 bits per heavy atom. The molecule has 0 saturated carbocycles. The van der Waals surface area contributed by atoms with E-state index in [9.17, 15) is 4.79 Å². The summed E-state index contributed by atoms with van der Waals surface area (Å²) in [5.41, 5.74) is 7.42. The Morgan fingerprint density at radius 1 is 1.53 bits per heavy atom. The topological polar surface area (TPSA) is 81.1 Å². The summed E-state index contributed by atoms with van der Waals surface area (Å²) in [6.07, 6.45) is 1.69. The Labute approximate surface area is 98.9 Å². The summed E-state index contributed by atoms with van der Waals surface area (Å²) in [5, 5.41) is 8.94. The van der Waals surface area contributed by atoms with Gasteiger partial charge in [0.05, 0.1) is 16.6 Å². The van der Waals surface area contributed by atoms with Crippen LogP contribution in [0.2, 0.25) is 0 Å². The van der Waals surface area contributed by atoms with Gasteiger partial charge in [-0.1, -0.05) is 0 Å². The monoisotopic (exact) mass is 233 g/mol. The highest BCUT2D eigenvalue weighted by molar-refractivity contribution is 5.92. The summed E-state index contributed by atoms with van der Waals surface area (Å²) in [6.45, 7) is 0.629. The number of aryl methyl sites for hydroxylation is 2. The molecule has 0 aliphatic carbocycles. The summed E-state index contributed by atoms with van der Waals surface area (Å²) >= 11 is 0. The molecule has 17 heavy (non-hydrogen) atoms. The normalized spacial score (nSPS) is 10.9. The molecule has 0 unspecified atom stereocenters. The van der Waals surface area contributed by atoms with Crippen molar-refractivity contribution in [3.8, 4) is 0 Å². The number of aromatic carboxylic acids is 1. The molecular formula is C12H15N3O2. The standard InChI is InChI=1S/C12H15N3O2/c1-15-10-7-8(12(16)17)4-5-9(10)14-11(15)3-2-6-13/h4-5,7H,2-3,6,13H2,1H3,(H,16,17). The van der Waals surface area contributed by atoms with Gasteiger partial charge in [-0.15, -0.1) is 0 Å². The number of hydrogen-bond acceptors (Lipinski definition) is 3. The van der Waals surface area contributed by atoms with E-state index in [1.807, 2.05) is 11.6 Å². The fraction of sp³-hybridized carbons (Fsp3) is 0.333. The number of hydrogen-bond donors (Lipinski definition) is 2. The Kier molecular flexibility index (Phi) is 3.10. The van der Waals surface area contributed by atoms with Gasteiger partial charge in [0.1, 0.15) is 5.82 Å². The predicted octanol–water partition coefficient (Wildman–Crippen LogP) is 1.16. The van der Waals surface area contributed by atoms with Crippen LogP contribution in [-0.2, 0) is 13.5 Å². The van der Waals surface area contributed by atoms with E-state index < -0.39 is 5.97 Å². The number of aromatic nitrogens is 2. The van der Waals surface area contributed by atoms with Crippen LogP contribution in [-0.4, -0.2) is 27.2 Å². The van der Waals surface area contributed by atoms with E-state index in [1.165, 1.54) is 0 Å². The average Bonchev–Trinajstić information content (AvgIpc) is 2.63. The van der Waals surface area contributed by atoms with Crippen LogP contribution in [0, 0.1) is 0 Å². The van der Waals surface area contributed by atoms with Crippen molar-refractivity contribution in [1.82, 2.24) is 9.55 Å². The van der Waals surface area contributed by atoms with E-state index >= 15 is 0 Å². The first-order chi connectivity index (χ1) is 8.13. The molecule has 2 aromatic rings. The van der Waals surface area contributed by atoms with E-state index in [2.05, 4.69) is 4.98 Å². The molecule has 0 radical (unpaired) electrons. The SMILES string of the molecule is Cn1c(CCCN)nc2ccc(C(=O)O)cc21. The maximum atomic E-state index is 10.9. The van der Waals surface area contributed by atoms with Crippen molar-refractivity contribution >= 4 is 17.0 Å². The predicted molar refractivity (Wildman–Crippen MR) is 65.0 cm³/mol. The zero-order chi connectivity index (χ0) is 12.4. The molecule has 3 N–H and O–H groups in total. The van der Waals surface area contributed by atoms with Gasteiger partial charge in [-0.2, -0.15) is 0 Å². The van der Waals surface area contributed by atoms with E-state index in [4.69, 9.17) is 10.8 Å². The largest absolute Gasteiger partial charge is 0.478 e. The lowest BCUT2D eigenvalue weighted by atomic mass is 10.2. The molecule has 0 fully saturated rings. The molecule has 0 atom stereocenters. The highest BCUT2D eigenvalue weighted by Gasteiger charge is 2.10. The number of fused-ring (bicyclic) bond motifs is 1. The first kappa shape index (κ1) is 11.6. The van der Waals surface area contributed by atoms with Crippen LogP contribution in [0.4, 0.5) is 0 Å². The van der Waals surface area contributed by atoms with Crippen molar-refractivity contribution in [2.75, 3.05) is 6.54 Å². The maximum absolute atomic E-state index is 10.9. The lowest BCUT2D eigenvalue weighted by Gasteiger charge is -2.01. The second-order valence-corrected chi connectivity index (χ2v) is 3.99. The summed E-state index contributed by atoms with van der Waals surface area (Å²) in [4.78, 5) is 15.4. The smallest absolute Gasteiger partial charge is 0.335 e. The van der Waals surface area contributed by atoms with Crippen molar-refractivity contribution in [1.29, 1.82) is 0 Å². The number of carbonyl (C=O) groups is 1. The Morgan fingerprint density at radius 3 is 2.94 bits per heavy atom. The van der Waals surface area contributed by atoms with E-state index in [0.717, 1.165) is 29.7 Å². The minimum absolute atomic E-state index is 0.283. The van der Waals surface area contributed by atoms with Gasteiger partial charge in [-0.05, 0) is 31.2 Å². The number of imidazole rings is 1. The summed E-state index contributed by atoms with van der Waals surface area (Å²) in [6, 6.07) is 4.96. The summed E-state index contributed by atoms with van der Waals surface area (Å²) < 4.78 is 1.93. The van der Waals surface area contributed by atoms with Crippen LogP contribution in [0.5, 0.6) is 0 Å². The Balaban J connectivity index is 2.47. The van der Waals surface area contributed by atoms with Gasteiger partial charge >= 0.3 is 5.97 Å². The molecule has 0 bridgehead atoms. The molecule has 2 rings (SSSR count). The molecule has 5 nitrogen and oxygen atoms in total. The minimum Gasteiger partial charge on any atom is -0.478 e. The summed E-state index contributed by atoms with van der Waals surface area (Å²) in [5.74, 6) is 0.0181. The van der Waals surface area contributed by atoms with Crippen molar-refractivity contribution < 1.29 is 9.90 Å². The van der Waals surface area contributed by atoms with Gasteiger partial charge in [-0.3, -0.25) is 0 Å². The van der Waals surface area contributed by atoms with Gasteiger partial charge in [0.2, 0.25) is 0 Å². The number of nitrogens with two attached hydrogens (primary N) is 1. The van der Waals surface area contributed by atoms with Crippen LogP contribution in [0.1, 0.15) is 22.6 Å². The molecule has 0 aliphatic heterocycles. The molecule has 1 aromatic heterocycles. The molecule has 90 valence electrons. The fourth-order valence-electron chi connectivity index (χ4n) is 1.86. The van der Waals surface area contributed by atoms with Gasteiger partial charge in [0, 0.05) is 13.5 Å². The van der Waals surface area contributed by atoms with Crippen molar-refractivity contribution in [2.45, 2.75) is 12.8 Å². The van der Waals surface area contributed by atoms with Crippen molar-refractivity contribution in [3.63, 3.8) is 0 Å². The third-order valence-corrected chi connectivity index (χ3v) is 2.82. The molecule has 1 aromatic carbocycles. The first-order valence-corrected chi connectivity index (χ1v) is 5.52. The van der Waals surface area contributed by atoms with Crippen molar-refractivity contribution in [2.24, 2.45) is 12.8 Å². The molecule has 0 aliphatic rings. The van der Waals surface area contributed by atoms with Crippen LogP contribution in [0.25, 0.3) is 11.0 Å². The third kappa shape index (κ3) is 2.14. The number of carboxylic acids is 1. The number of benzene rings is 1. The van der Waals surface area contributed by atoms with E-state index in [-0.39, 0.29) is 5.56 Å². The lowest BCUT2D eigenvalue weighted by Crippen LogP contribution is -2.04. The molecule has 0 saturated heterocycles. The zero-order valence-corrected chi connectivity index (χ0v) is 9.68. The third-order valence-electron chi connectivity index (χ3n) is 2.82. The Hall–Kier alpha value is -1.88. The second-order valence-electron chi connectivity index (χ2n) is 3.99. The summed E-state index contributed by atoms with van der Waals surface area (Å²) in [7, 11) is 1.90. The maximum Gasteiger partial charge on any atom is 0.335 e. The quantitative estimate of drug-likeness (QED) is 0.830. The number of nitrogens with zero attached hydrogens (tertiary/aromatic N) is 2. The van der Waals surface area contributed by atoms with Crippen LogP contribution in [0.15, 0.2) is 18.2 Å². The first-order valence-electron chi connectivity index (χ1n) is 5.52. The van der Waals surface area contributed by atoms with E-state index in [1.54, 1.807) is 18.2 Å². The molecule has 0 spiro atoms. The van der Waals surface area contributed by atoms with Gasteiger partial charge in [0.15, 0.2) is 0 Å². The van der Waals surface area contributed by atoms with Gasteiger partial charge < -0.3 is 15.4 Å². The Bertz CT molecular complexity index is 560. The average molecular weight is 233 g/mol. The highest BCUT2D eigenvalue weighted by atomic mass is 16.4. The number of carboxylic acid groups (broad SMARTS) is 1. The van der Waals surface area contributed by atoms with Crippen LogP contribution >= 0.6 is 0 Å². The lowest BCUT2D eigenvalue weighted by molar-refractivity contribution is 0.0697. The zero-order valence-electron chi connectivity index (χ0n) is 9.68. The molecule has 0 amide bonds. The highest BCUT2D eigenvalue weighted by Crippen LogP contribution is 2.17. The molecular weight excluding hydrogens is 218 g/mol. The number of rotatable bonds is 4. The molecule has 1 heterocycles. The molecule has 5 heteroatoms. The van der Waals surface area contributed by atoms with Crippen LogP contribution < -0.4 is 5.73 Å². The van der Waals surface area contributed by atoms with E-state index in [0.29, 0.717) is 6.54 Å². The van der Waals surface area contributed by atoms with Crippen molar-refractivity contribution in [3.05, 3.63) is 29.6 Å². The van der Waals surface area contributed by atoms with Gasteiger partial charge in [0.25, 0.3) is 0 Å². The second kappa shape index (κ2) is 4.55. The van der Waals surface area contributed by atoms with Gasteiger partial charge in [-0.25, -0.2) is 9.78 Å². The fourth-order valence-corrected chi connectivity index (χ4v) is 1.86. The van der Waals surface area contributed by atoms with Crippen LogP contribution in [0.3, 0.4) is 0 Å². The minimum atomic E-state index is -0.920.